The quantitative estimate of drug-likeness (QED) is 0.280. The molecule has 2 aromatic carbocycles. The van der Waals surface area contributed by atoms with E-state index < -0.39 is 10.0 Å². The molecular weight excluding hydrogens is 346 g/mol. The van der Waals surface area contributed by atoms with Crippen LogP contribution in [0.5, 0.6) is 0 Å². The summed E-state index contributed by atoms with van der Waals surface area (Å²) in [7, 11) is -2.02. The van der Waals surface area contributed by atoms with E-state index in [2.05, 4.69) is 10.3 Å². The van der Waals surface area contributed by atoms with Crippen LogP contribution in [0.15, 0.2) is 68.7 Å². The molecule has 0 aromatic heterocycles. The smallest absolute Gasteiger partial charge is 0.238 e. The van der Waals surface area contributed by atoms with Gasteiger partial charge < -0.3 is 0 Å². The summed E-state index contributed by atoms with van der Waals surface area (Å²) in [6.45, 7) is 0. The average molecular weight is 363 g/mol. The first-order valence-corrected chi connectivity index (χ1v) is 9.59. The second-order valence-corrected chi connectivity index (χ2v) is 7.27. The van der Waals surface area contributed by atoms with Gasteiger partial charge in [-0.1, -0.05) is 5.22 Å². The number of rotatable bonds is 5. The number of thioether (sulfide) groups is 1. The van der Waals surface area contributed by atoms with Crippen LogP contribution in [0.2, 0.25) is 0 Å². The van der Waals surface area contributed by atoms with E-state index in [-0.39, 0.29) is 10.7 Å². The monoisotopic (exact) mass is 363 g/mol. The van der Waals surface area contributed by atoms with E-state index in [9.17, 15) is 8.42 Å². The minimum Gasteiger partial charge on any atom is -0.281 e. The summed E-state index contributed by atoms with van der Waals surface area (Å²) >= 11 is 1.65. The molecule has 0 aliphatic carbocycles. The average Bonchev–Trinajstić information content (AvgIpc) is 2.58. The van der Waals surface area contributed by atoms with Crippen molar-refractivity contribution in [3.05, 3.63) is 54.1 Å². The zero-order chi connectivity index (χ0) is 17.7. The molecule has 0 radical (unpaired) electrons. The van der Waals surface area contributed by atoms with Crippen LogP contribution in [0.1, 0.15) is 5.56 Å². The molecule has 0 aliphatic heterocycles. The molecule has 126 valence electrons. The Morgan fingerprint density at radius 2 is 1.71 bits per heavy atom. The highest BCUT2D eigenvalue weighted by atomic mass is 32.2. The SMILES string of the molecule is CSc1ccc(N(C)N=NC(=N)c2ccc(S(N)(=O)=O)cc2)cc1. The van der Waals surface area contributed by atoms with Crippen molar-refractivity contribution in [2.75, 3.05) is 18.3 Å². The molecule has 2 aromatic rings. The standard InChI is InChI=1S/C15H17N5O2S2/c1-20(12-5-7-13(23-2)8-6-12)19-18-15(16)11-3-9-14(10-4-11)24(17,21)22/h3-10,16H,1-2H3,(H2,17,21,22). The van der Waals surface area contributed by atoms with Crippen molar-refractivity contribution in [3.63, 3.8) is 0 Å². The Labute approximate surface area is 145 Å². The highest BCUT2D eigenvalue weighted by Gasteiger charge is 2.08. The molecule has 3 N–H and O–H groups in total. The van der Waals surface area contributed by atoms with Crippen molar-refractivity contribution in [2.24, 2.45) is 15.5 Å². The molecule has 24 heavy (non-hydrogen) atoms. The van der Waals surface area contributed by atoms with Crippen molar-refractivity contribution in [1.29, 1.82) is 5.41 Å². The predicted octanol–water partition coefficient (Wildman–Crippen LogP) is 2.88. The number of benzene rings is 2. The second kappa shape index (κ2) is 7.56. The Balaban J connectivity index is 2.08. The van der Waals surface area contributed by atoms with E-state index in [0.29, 0.717) is 5.56 Å². The highest BCUT2D eigenvalue weighted by molar-refractivity contribution is 7.98. The Kier molecular flexibility index (Phi) is 5.71. The number of hydrogen-bond acceptors (Lipinski definition) is 5. The molecular formula is C15H17N5O2S2. The first-order valence-electron chi connectivity index (χ1n) is 6.82. The van der Waals surface area contributed by atoms with Gasteiger partial charge in [-0.3, -0.25) is 5.41 Å². The van der Waals surface area contributed by atoms with E-state index in [1.54, 1.807) is 23.8 Å². The van der Waals surface area contributed by atoms with E-state index >= 15 is 0 Å². The molecule has 0 bridgehead atoms. The molecule has 0 saturated carbocycles. The topological polar surface area (TPSA) is 112 Å². The fourth-order valence-electron chi connectivity index (χ4n) is 1.82. The van der Waals surface area contributed by atoms with Gasteiger partial charge in [0.05, 0.1) is 10.6 Å². The molecule has 0 amide bonds. The molecule has 7 nitrogen and oxygen atoms in total. The van der Waals surface area contributed by atoms with Crippen LogP contribution in [-0.4, -0.2) is 27.6 Å². The normalized spacial score (nSPS) is 11.6. The Hall–Kier alpha value is -2.23. The van der Waals surface area contributed by atoms with E-state index in [0.717, 1.165) is 10.6 Å². The molecule has 0 fully saturated rings. The van der Waals surface area contributed by atoms with Crippen molar-refractivity contribution in [2.45, 2.75) is 9.79 Å². The van der Waals surface area contributed by atoms with Gasteiger partial charge in [-0.05, 0) is 54.8 Å². The molecule has 0 spiro atoms. The summed E-state index contributed by atoms with van der Waals surface area (Å²) in [4.78, 5) is 1.13. The first kappa shape index (κ1) is 18.1. The lowest BCUT2D eigenvalue weighted by Gasteiger charge is -2.11. The number of sulfonamides is 1. The van der Waals surface area contributed by atoms with Crippen LogP contribution < -0.4 is 10.1 Å². The largest absolute Gasteiger partial charge is 0.281 e. The Bertz CT molecular complexity index is 846. The minimum atomic E-state index is -3.75. The van der Waals surface area contributed by atoms with Crippen LogP contribution in [0.25, 0.3) is 0 Å². The van der Waals surface area contributed by atoms with Crippen LogP contribution in [0, 0.1) is 5.41 Å². The van der Waals surface area contributed by atoms with Gasteiger partial charge in [0.15, 0.2) is 5.84 Å². The summed E-state index contributed by atoms with van der Waals surface area (Å²) in [5, 5.41) is 22.3. The number of primary sulfonamides is 1. The number of nitrogens with one attached hydrogen (secondary N) is 1. The van der Waals surface area contributed by atoms with Gasteiger partial charge in [0.25, 0.3) is 0 Å². The lowest BCUT2D eigenvalue weighted by atomic mass is 10.2. The lowest BCUT2D eigenvalue weighted by Crippen LogP contribution is -2.12. The number of nitrogens with zero attached hydrogens (tertiary/aromatic N) is 3. The predicted molar refractivity (Wildman–Crippen MR) is 96.1 cm³/mol. The number of anilines is 1. The minimum absolute atomic E-state index is 0.0120. The zero-order valence-electron chi connectivity index (χ0n) is 13.2. The van der Waals surface area contributed by atoms with Gasteiger partial charge in [-0.2, -0.15) is 0 Å². The van der Waals surface area contributed by atoms with Crippen LogP contribution in [-0.2, 0) is 10.0 Å². The third-order valence-corrected chi connectivity index (χ3v) is 4.85. The maximum atomic E-state index is 11.2. The summed E-state index contributed by atoms with van der Waals surface area (Å²) in [6, 6.07) is 13.4. The maximum absolute atomic E-state index is 11.2. The number of hydrogen-bond donors (Lipinski definition) is 2. The van der Waals surface area contributed by atoms with Crippen molar-refractivity contribution in [1.82, 2.24) is 0 Å². The van der Waals surface area contributed by atoms with E-state index in [4.69, 9.17) is 10.5 Å². The van der Waals surface area contributed by atoms with Crippen LogP contribution in [0.4, 0.5) is 5.69 Å². The fraction of sp³-hybridized carbons (Fsp3) is 0.133. The molecule has 0 saturated heterocycles. The Morgan fingerprint density at radius 1 is 1.12 bits per heavy atom. The van der Waals surface area contributed by atoms with Crippen molar-refractivity contribution < 1.29 is 8.42 Å². The summed E-state index contributed by atoms with van der Waals surface area (Å²) in [5.41, 5.74) is 1.28. The summed E-state index contributed by atoms with van der Waals surface area (Å²) in [5.74, 6) is -0.0800. The number of amidine groups is 1. The lowest BCUT2D eigenvalue weighted by molar-refractivity contribution is 0.598. The molecule has 0 atom stereocenters. The second-order valence-electron chi connectivity index (χ2n) is 4.83. The molecule has 9 heteroatoms. The van der Waals surface area contributed by atoms with Gasteiger partial charge in [-0.25, -0.2) is 18.6 Å². The molecule has 0 heterocycles. The first-order chi connectivity index (χ1) is 11.3. The van der Waals surface area contributed by atoms with Crippen LogP contribution >= 0.6 is 11.8 Å². The maximum Gasteiger partial charge on any atom is 0.238 e. The molecule has 0 unspecified atom stereocenters. The summed E-state index contributed by atoms with van der Waals surface area (Å²) < 4.78 is 22.4. The summed E-state index contributed by atoms with van der Waals surface area (Å²) in [6.07, 6.45) is 2.00. The van der Waals surface area contributed by atoms with E-state index in [1.807, 2.05) is 30.5 Å². The van der Waals surface area contributed by atoms with Gasteiger partial charge in [0.2, 0.25) is 10.0 Å². The van der Waals surface area contributed by atoms with Gasteiger partial charge in [0, 0.05) is 17.5 Å². The van der Waals surface area contributed by atoms with Crippen LogP contribution in [0.3, 0.4) is 0 Å². The van der Waals surface area contributed by atoms with Gasteiger partial charge in [0.1, 0.15) is 0 Å². The van der Waals surface area contributed by atoms with Crippen molar-refractivity contribution >= 4 is 33.3 Å². The molecule has 2 rings (SSSR count). The highest BCUT2D eigenvalue weighted by Crippen LogP contribution is 2.20. The van der Waals surface area contributed by atoms with Crippen molar-refractivity contribution in [3.8, 4) is 0 Å². The third-order valence-electron chi connectivity index (χ3n) is 3.18. The molecule has 0 aliphatic rings. The Morgan fingerprint density at radius 3 is 2.21 bits per heavy atom. The fourth-order valence-corrected chi connectivity index (χ4v) is 2.75. The van der Waals surface area contributed by atoms with E-state index in [1.165, 1.54) is 24.3 Å². The third kappa shape index (κ3) is 4.63. The van der Waals surface area contributed by atoms with Gasteiger partial charge >= 0.3 is 0 Å². The van der Waals surface area contributed by atoms with Gasteiger partial charge in [-0.15, -0.1) is 16.9 Å². The zero-order valence-corrected chi connectivity index (χ0v) is 14.8. The number of nitrogens with two attached hydrogens (primary N) is 1.